The van der Waals surface area contributed by atoms with Gasteiger partial charge in [0.15, 0.2) is 0 Å². The summed E-state index contributed by atoms with van der Waals surface area (Å²) in [5.41, 5.74) is 3.22. The maximum atomic E-state index is 13.2. The van der Waals surface area contributed by atoms with Crippen LogP contribution >= 0.6 is 0 Å². The third kappa shape index (κ3) is 4.25. The first-order valence-electron chi connectivity index (χ1n) is 10.1. The highest BCUT2D eigenvalue weighted by Crippen LogP contribution is 2.29. The van der Waals surface area contributed by atoms with Crippen LogP contribution in [0.3, 0.4) is 0 Å². The molecule has 0 saturated carbocycles. The molecule has 6 heteroatoms. The number of nitrogens with one attached hydrogen (secondary N) is 2. The number of anilines is 1. The highest BCUT2D eigenvalue weighted by atomic mass is 19.1. The zero-order valence-corrected chi connectivity index (χ0v) is 16.5. The second kappa shape index (κ2) is 8.22. The predicted octanol–water partition coefficient (Wildman–Crippen LogP) is 3.06. The summed E-state index contributed by atoms with van der Waals surface area (Å²) in [6.45, 7) is 4.53. The van der Waals surface area contributed by atoms with Gasteiger partial charge in [-0.25, -0.2) is 4.39 Å². The number of halogens is 1. The molecule has 29 heavy (non-hydrogen) atoms. The fourth-order valence-electron chi connectivity index (χ4n) is 4.23. The summed E-state index contributed by atoms with van der Waals surface area (Å²) < 4.78 is 13.2. The normalized spacial score (nSPS) is 23.8. The average molecular weight is 392 g/mol. The van der Waals surface area contributed by atoms with E-state index in [9.17, 15) is 14.4 Å². The van der Waals surface area contributed by atoms with Crippen LogP contribution < -0.4 is 15.5 Å². The molecular weight excluding hydrogens is 367 g/mol. The maximum absolute atomic E-state index is 13.2. The lowest BCUT2D eigenvalue weighted by Gasteiger charge is -2.21. The number of amides is 1. The molecular formula is C23H25FN4O. The molecule has 2 heterocycles. The molecule has 0 aromatic heterocycles. The van der Waals surface area contributed by atoms with Crippen molar-refractivity contribution >= 4 is 11.6 Å². The molecule has 2 aliphatic heterocycles. The fraction of sp³-hybridized carbons (Fsp3) is 0.391. The van der Waals surface area contributed by atoms with Gasteiger partial charge in [-0.2, -0.15) is 5.26 Å². The Balaban J connectivity index is 1.44. The highest BCUT2D eigenvalue weighted by molar-refractivity contribution is 5.82. The van der Waals surface area contributed by atoms with E-state index < -0.39 is 0 Å². The molecule has 2 aromatic rings. The fourth-order valence-corrected chi connectivity index (χ4v) is 4.23. The van der Waals surface area contributed by atoms with Crippen LogP contribution in [0.5, 0.6) is 0 Å². The van der Waals surface area contributed by atoms with Crippen molar-refractivity contribution < 1.29 is 9.18 Å². The molecule has 2 aliphatic rings. The van der Waals surface area contributed by atoms with E-state index >= 15 is 0 Å². The van der Waals surface area contributed by atoms with Gasteiger partial charge < -0.3 is 15.5 Å². The number of rotatable bonds is 4. The molecule has 0 spiro atoms. The number of hydrogen-bond donors (Lipinski definition) is 2. The van der Waals surface area contributed by atoms with Gasteiger partial charge in [-0.15, -0.1) is 0 Å². The Bertz CT molecular complexity index is 937. The number of benzene rings is 2. The van der Waals surface area contributed by atoms with E-state index in [1.807, 2.05) is 18.2 Å². The van der Waals surface area contributed by atoms with Crippen molar-refractivity contribution in [3.05, 3.63) is 53.8 Å². The van der Waals surface area contributed by atoms with Crippen LogP contribution in [0.4, 0.5) is 10.1 Å². The van der Waals surface area contributed by atoms with Crippen molar-refractivity contribution in [3.63, 3.8) is 0 Å². The standard InChI is InChI=1S/C23H25FN4O/c1-15-10-21(26-13-15)23(29)27-20-8-9-28(14-20)22-7-4-17(11-18(22)12-25)16-2-5-19(24)6-3-16/h2-7,11,15,20-21,26H,8-10,13-14H2,1H3,(H,27,29). The summed E-state index contributed by atoms with van der Waals surface area (Å²) in [4.78, 5) is 14.6. The third-order valence-electron chi connectivity index (χ3n) is 5.84. The molecule has 0 aliphatic carbocycles. The van der Waals surface area contributed by atoms with Gasteiger partial charge in [0.1, 0.15) is 11.9 Å². The summed E-state index contributed by atoms with van der Waals surface area (Å²) in [6, 6.07) is 14.3. The van der Waals surface area contributed by atoms with Crippen LogP contribution in [-0.4, -0.2) is 37.6 Å². The SMILES string of the molecule is CC1CNC(C(=O)NC2CCN(c3ccc(-c4ccc(F)cc4)cc3C#N)C2)C1. The molecule has 2 N–H and O–H groups in total. The monoisotopic (exact) mass is 392 g/mol. The summed E-state index contributed by atoms with van der Waals surface area (Å²) in [5.74, 6) is 0.329. The summed E-state index contributed by atoms with van der Waals surface area (Å²) in [7, 11) is 0. The molecule has 2 fully saturated rings. The highest BCUT2D eigenvalue weighted by Gasteiger charge is 2.31. The molecule has 0 bridgehead atoms. The number of carbonyl (C=O) groups excluding carboxylic acids is 1. The number of hydrogen-bond acceptors (Lipinski definition) is 4. The van der Waals surface area contributed by atoms with Gasteiger partial charge in [0, 0.05) is 19.1 Å². The second-order valence-electron chi connectivity index (χ2n) is 8.09. The van der Waals surface area contributed by atoms with Crippen LogP contribution in [0, 0.1) is 23.1 Å². The predicted molar refractivity (Wildman–Crippen MR) is 111 cm³/mol. The zero-order chi connectivity index (χ0) is 20.4. The van der Waals surface area contributed by atoms with Gasteiger partial charge in [-0.1, -0.05) is 25.1 Å². The Labute approximate surface area is 170 Å². The number of nitriles is 1. The number of nitrogens with zero attached hydrogens (tertiary/aromatic N) is 2. The minimum Gasteiger partial charge on any atom is -0.368 e. The zero-order valence-electron chi connectivity index (χ0n) is 16.5. The molecule has 2 saturated heterocycles. The van der Waals surface area contributed by atoms with Gasteiger partial charge in [0.05, 0.1) is 17.3 Å². The van der Waals surface area contributed by atoms with E-state index in [2.05, 4.69) is 28.5 Å². The van der Waals surface area contributed by atoms with Crippen LogP contribution in [0.25, 0.3) is 11.1 Å². The Morgan fingerprint density at radius 1 is 1.24 bits per heavy atom. The van der Waals surface area contributed by atoms with E-state index in [-0.39, 0.29) is 23.8 Å². The Morgan fingerprint density at radius 2 is 2.00 bits per heavy atom. The Morgan fingerprint density at radius 3 is 2.69 bits per heavy atom. The van der Waals surface area contributed by atoms with Crippen molar-refractivity contribution in [1.29, 1.82) is 5.26 Å². The molecule has 3 atom stereocenters. The summed E-state index contributed by atoms with van der Waals surface area (Å²) >= 11 is 0. The first-order chi connectivity index (χ1) is 14.0. The van der Waals surface area contributed by atoms with Crippen molar-refractivity contribution in [2.24, 2.45) is 5.92 Å². The van der Waals surface area contributed by atoms with E-state index in [1.165, 1.54) is 12.1 Å². The minimum atomic E-state index is -0.279. The second-order valence-corrected chi connectivity index (χ2v) is 8.09. The van der Waals surface area contributed by atoms with E-state index in [0.717, 1.165) is 42.7 Å². The summed E-state index contributed by atoms with van der Waals surface area (Å²) in [5, 5.41) is 16.1. The lowest BCUT2D eigenvalue weighted by Crippen LogP contribution is -2.46. The third-order valence-corrected chi connectivity index (χ3v) is 5.84. The van der Waals surface area contributed by atoms with Crippen LogP contribution in [0.15, 0.2) is 42.5 Å². The van der Waals surface area contributed by atoms with Crippen LogP contribution in [-0.2, 0) is 4.79 Å². The van der Waals surface area contributed by atoms with Crippen LogP contribution in [0.1, 0.15) is 25.3 Å². The molecule has 2 aromatic carbocycles. The quantitative estimate of drug-likeness (QED) is 0.839. The van der Waals surface area contributed by atoms with Gasteiger partial charge in [-0.05, 0) is 60.7 Å². The molecule has 1 amide bonds. The van der Waals surface area contributed by atoms with Crippen molar-refractivity contribution in [1.82, 2.24) is 10.6 Å². The average Bonchev–Trinajstić information content (AvgIpc) is 3.37. The molecule has 3 unspecified atom stereocenters. The smallest absolute Gasteiger partial charge is 0.237 e. The minimum absolute atomic E-state index is 0.0772. The topological polar surface area (TPSA) is 68.2 Å². The molecule has 4 rings (SSSR count). The molecule has 5 nitrogen and oxygen atoms in total. The Kier molecular flexibility index (Phi) is 5.50. The van der Waals surface area contributed by atoms with Crippen molar-refractivity contribution in [2.75, 3.05) is 24.5 Å². The Hall–Kier alpha value is -2.91. The first-order valence-corrected chi connectivity index (χ1v) is 10.1. The number of carbonyl (C=O) groups is 1. The van der Waals surface area contributed by atoms with E-state index in [1.54, 1.807) is 12.1 Å². The van der Waals surface area contributed by atoms with Crippen molar-refractivity contribution in [3.8, 4) is 17.2 Å². The first kappa shape index (κ1) is 19.4. The van der Waals surface area contributed by atoms with Gasteiger partial charge in [0.2, 0.25) is 5.91 Å². The van der Waals surface area contributed by atoms with Gasteiger partial charge in [0.25, 0.3) is 0 Å². The van der Waals surface area contributed by atoms with E-state index in [4.69, 9.17) is 0 Å². The largest absolute Gasteiger partial charge is 0.368 e. The lowest BCUT2D eigenvalue weighted by molar-refractivity contribution is -0.123. The lowest BCUT2D eigenvalue weighted by atomic mass is 10.0. The molecule has 150 valence electrons. The van der Waals surface area contributed by atoms with Gasteiger partial charge >= 0.3 is 0 Å². The van der Waals surface area contributed by atoms with E-state index in [0.29, 0.717) is 18.0 Å². The van der Waals surface area contributed by atoms with Crippen LogP contribution in [0.2, 0.25) is 0 Å². The van der Waals surface area contributed by atoms with Gasteiger partial charge in [-0.3, -0.25) is 4.79 Å². The van der Waals surface area contributed by atoms with Crippen molar-refractivity contribution in [2.45, 2.75) is 31.8 Å². The summed E-state index contributed by atoms with van der Waals surface area (Å²) in [6.07, 6.45) is 1.74. The molecule has 0 radical (unpaired) electrons. The maximum Gasteiger partial charge on any atom is 0.237 e.